The van der Waals surface area contributed by atoms with Crippen molar-refractivity contribution in [3.63, 3.8) is 0 Å². The maximum Gasteiger partial charge on any atom is 0.269 e. The van der Waals surface area contributed by atoms with E-state index >= 15 is 0 Å². The van der Waals surface area contributed by atoms with E-state index in [9.17, 15) is 14.9 Å². The fourth-order valence-electron chi connectivity index (χ4n) is 1.77. The molecule has 0 aromatic heterocycles. The second-order valence-corrected chi connectivity index (χ2v) is 6.49. The minimum atomic E-state index is -0.480. The van der Waals surface area contributed by atoms with Gasteiger partial charge in [-0.1, -0.05) is 17.7 Å². The zero-order valence-corrected chi connectivity index (χ0v) is 14.9. The molecule has 0 bridgehead atoms. The molecule has 0 aliphatic rings. The molecule has 0 unspecified atom stereocenters. The maximum atomic E-state index is 11.8. The summed E-state index contributed by atoms with van der Waals surface area (Å²) in [6.07, 6.45) is 0. The number of nitrogens with zero attached hydrogens (tertiary/aromatic N) is 1. The van der Waals surface area contributed by atoms with Crippen LogP contribution in [0.25, 0.3) is 0 Å². The Labute approximate surface area is 154 Å². The van der Waals surface area contributed by atoms with Crippen molar-refractivity contribution in [1.82, 2.24) is 10.9 Å². The van der Waals surface area contributed by atoms with Gasteiger partial charge in [0.1, 0.15) is 0 Å². The molecule has 0 saturated heterocycles. The summed E-state index contributed by atoms with van der Waals surface area (Å²) in [6.45, 7) is 2.00. The van der Waals surface area contributed by atoms with E-state index in [1.54, 1.807) is 0 Å². The summed E-state index contributed by atoms with van der Waals surface area (Å²) in [5.41, 5.74) is 6.81. The minimum Gasteiger partial charge on any atom is -0.331 e. The van der Waals surface area contributed by atoms with Crippen molar-refractivity contribution in [2.75, 3.05) is 11.1 Å². The molecule has 2 rings (SSSR count). The average Bonchev–Trinajstić information content (AvgIpc) is 2.60. The molecule has 2 aromatic rings. The summed E-state index contributed by atoms with van der Waals surface area (Å²) >= 11 is 6.47. The maximum absolute atomic E-state index is 11.8. The molecule has 0 fully saturated rings. The van der Waals surface area contributed by atoms with E-state index in [-0.39, 0.29) is 22.5 Å². The molecule has 1 amide bonds. The van der Waals surface area contributed by atoms with Crippen LogP contribution in [0.4, 0.5) is 11.4 Å². The second-order valence-electron chi connectivity index (χ2n) is 5.03. The number of carbonyl (C=O) groups excluding carboxylic acids is 1. The number of nitrogens with one attached hydrogen (secondary N) is 3. The van der Waals surface area contributed by atoms with Crippen LogP contribution >= 0.6 is 24.0 Å². The Kier molecular flexibility index (Phi) is 6.72. The van der Waals surface area contributed by atoms with Gasteiger partial charge in [0.25, 0.3) is 5.69 Å². The lowest BCUT2D eigenvalue weighted by atomic mass is 10.2. The molecule has 0 atom stereocenters. The Morgan fingerprint density at radius 3 is 2.36 bits per heavy atom. The molecule has 0 heterocycles. The molecule has 25 heavy (non-hydrogen) atoms. The lowest BCUT2D eigenvalue weighted by Gasteiger charge is -2.11. The summed E-state index contributed by atoms with van der Waals surface area (Å²) < 4.78 is 0. The van der Waals surface area contributed by atoms with Crippen molar-refractivity contribution < 1.29 is 9.72 Å². The average molecular weight is 376 g/mol. The molecule has 2 aromatic carbocycles. The molecule has 0 saturated carbocycles. The number of benzene rings is 2. The Bertz CT molecular complexity index is 764. The predicted molar refractivity (Wildman–Crippen MR) is 102 cm³/mol. The number of amides is 1. The number of non-ortho nitro benzene ring substituents is 1. The Morgan fingerprint density at radius 2 is 1.76 bits per heavy atom. The van der Waals surface area contributed by atoms with E-state index < -0.39 is 4.92 Å². The molecule has 0 aliphatic carbocycles. The predicted octanol–water partition coefficient (Wildman–Crippen LogP) is 3.01. The summed E-state index contributed by atoms with van der Waals surface area (Å²) in [5, 5.41) is 13.6. The van der Waals surface area contributed by atoms with Gasteiger partial charge in [0, 0.05) is 22.7 Å². The Morgan fingerprint density at radius 1 is 1.12 bits per heavy atom. The smallest absolute Gasteiger partial charge is 0.269 e. The summed E-state index contributed by atoms with van der Waals surface area (Å²) in [6, 6.07) is 13.7. The number of hydrogen-bond acceptors (Lipinski definition) is 5. The molecule has 9 heteroatoms. The molecule has 0 aliphatic heterocycles. The van der Waals surface area contributed by atoms with Gasteiger partial charge in [-0.2, -0.15) is 0 Å². The van der Waals surface area contributed by atoms with Crippen LogP contribution in [0.5, 0.6) is 0 Å². The van der Waals surface area contributed by atoms with Crippen molar-refractivity contribution in [2.45, 2.75) is 11.8 Å². The van der Waals surface area contributed by atoms with Crippen LogP contribution in [0.1, 0.15) is 5.56 Å². The van der Waals surface area contributed by atoms with Crippen LogP contribution in [0.2, 0.25) is 0 Å². The van der Waals surface area contributed by atoms with Gasteiger partial charge in [0.2, 0.25) is 5.91 Å². The number of thioether (sulfide) groups is 1. The molecular formula is C16H16N4O3S2. The lowest BCUT2D eigenvalue weighted by Crippen LogP contribution is -2.44. The number of aryl methyl sites for hydroxylation is 1. The Hall–Kier alpha value is -2.65. The van der Waals surface area contributed by atoms with Gasteiger partial charge in [-0.25, -0.2) is 0 Å². The van der Waals surface area contributed by atoms with E-state index in [1.807, 2.05) is 31.2 Å². The van der Waals surface area contributed by atoms with E-state index in [0.717, 1.165) is 10.5 Å². The first-order chi connectivity index (χ1) is 11.9. The van der Waals surface area contributed by atoms with Crippen molar-refractivity contribution in [1.29, 1.82) is 0 Å². The molecular weight excluding hydrogens is 360 g/mol. The Balaban J connectivity index is 1.72. The first kappa shape index (κ1) is 18.7. The minimum absolute atomic E-state index is 0.00846. The van der Waals surface area contributed by atoms with Crippen LogP contribution < -0.4 is 16.2 Å². The molecule has 0 spiro atoms. The standard InChI is InChI=1S/C16H16N4O3S2/c1-11-2-8-14(9-3-11)25-10-15(21)18-19-16(24)17-12-4-6-13(7-5-12)20(22)23/h2-9H,10H2,1H3,(H,18,21)(H2,17,19,24). The first-order valence-electron chi connectivity index (χ1n) is 7.24. The van der Waals surface area contributed by atoms with E-state index in [1.165, 1.54) is 36.0 Å². The van der Waals surface area contributed by atoms with Crippen molar-refractivity contribution in [2.24, 2.45) is 0 Å². The second kappa shape index (κ2) is 9.00. The number of hydrogen-bond donors (Lipinski definition) is 3. The number of carbonyl (C=O) groups is 1. The zero-order chi connectivity index (χ0) is 18.2. The highest BCUT2D eigenvalue weighted by Gasteiger charge is 2.06. The number of nitro benzene ring substituents is 1. The number of thiocarbonyl (C=S) groups is 1. The van der Waals surface area contributed by atoms with E-state index in [2.05, 4.69) is 16.2 Å². The quantitative estimate of drug-likeness (QED) is 0.319. The fourth-order valence-corrected chi connectivity index (χ4v) is 2.64. The highest BCUT2D eigenvalue weighted by atomic mass is 32.2. The molecule has 130 valence electrons. The van der Waals surface area contributed by atoms with Crippen LogP contribution in [-0.4, -0.2) is 21.7 Å². The highest BCUT2D eigenvalue weighted by Crippen LogP contribution is 2.17. The van der Waals surface area contributed by atoms with Crippen molar-refractivity contribution >= 4 is 46.4 Å². The number of nitro groups is 1. The topological polar surface area (TPSA) is 96.3 Å². The van der Waals surface area contributed by atoms with E-state index in [0.29, 0.717) is 5.69 Å². The van der Waals surface area contributed by atoms with Crippen molar-refractivity contribution in [3.8, 4) is 0 Å². The molecule has 0 radical (unpaired) electrons. The van der Waals surface area contributed by atoms with Crippen LogP contribution in [-0.2, 0) is 4.79 Å². The third kappa shape index (κ3) is 6.40. The largest absolute Gasteiger partial charge is 0.331 e. The molecule has 3 N–H and O–H groups in total. The number of anilines is 1. The van der Waals surface area contributed by atoms with Crippen LogP contribution in [0.15, 0.2) is 53.4 Å². The first-order valence-corrected chi connectivity index (χ1v) is 8.63. The van der Waals surface area contributed by atoms with E-state index in [4.69, 9.17) is 12.2 Å². The van der Waals surface area contributed by atoms with Crippen LogP contribution in [0.3, 0.4) is 0 Å². The van der Waals surface area contributed by atoms with Gasteiger partial charge in [-0.3, -0.25) is 25.8 Å². The zero-order valence-electron chi connectivity index (χ0n) is 13.3. The van der Waals surface area contributed by atoms with Gasteiger partial charge in [-0.15, -0.1) is 11.8 Å². The number of hydrazine groups is 1. The summed E-state index contributed by atoms with van der Waals surface area (Å²) in [4.78, 5) is 22.9. The van der Waals surface area contributed by atoms with Gasteiger partial charge in [0.05, 0.1) is 10.7 Å². The van der Waals surface area contributed by atoms with Crippen molar-refractivity contribution in [3.05, 3.63) is 64.2 Å². The van der Waals surface area contributed by atoms with Crippen LogP contribution in [0, 0.1) is 17.0 Å². The fraction of sp³-hybridized carbons (Fsp3) is 0.125. The number of rotatable bonds is 5. The van der Waals surface area contributed by atoms with Gasteiger partial charge in [0.15, 0.2) is 5.11 Å². The monoisotopic (exact) mass is 376 g/mol. The molecule has 7 nitrogen and oxygen atoms in total. The third-order valence-corrected chi connectivity index (χ3v) is 4.26. The third-order valence-electron chi connectivity index (χ3n) is 3.04. The highest BCUT2D eigenvalue weighted by molar-refractivity contribution is 8.00. The summed E-state index contributed by atoms with van der Waals surface area (Å²) in [7, 11) is 0. The SMILES string of the molecule is Cc1ccc(SCC(=O)NNC(=S)Nc2ccc([N+](=O)[O-])cc2)cc1. The summed E-state index contributed by atoms with van der Waals surface area (Å²) in [5.74, 6) is 0.0226. The normalized spacial score (nSPS) is 9.96. The van der Waals surface area contributed by atoms with Gasteiger partial charge in [-0.05, 0) is 43.4 Å². The lowest BCUT2D eigenvalue weighted by molar-refractivity contribution is -0.384. The van der Waals surface area contributed by atoms with Gasteiger partial charge >= 0.3 is 0 Å². The van der Waals surface area contributed by atoms with Gasteiger partial charge < -0.3 is 5.32 Å².